The number of nitrogens with zero attached hydrogens (tertiary/aromatic N) is 1. The Bertz CT molecular complexity index is 1300. The topological polar surface area (TPSA) is 96.9 Å². The zero-order chi connectivity index (χ0) is 22.7. The Kier molecular flexibility index (Phi) is 6.14. The number of benzene rings is 3. The standard InChI is InChI=1S/C24H25N3O4S/c1-16(17-8-9-19-14-21(31-2)11-10-18(19)13-17)24(28)26-20-5-3-6-22(15-20)32(29,30)27-23-7-4-12-25-23/h3,5-6,8-11,13-16H,4,7,12H2,1-2H3,(H,25,27)(H,26,28)/t16-/m1/s1. The van der Waals surface area contributed by atoms with Gasteiger partial charge in [-0.2, -0.15) is 0 Å². The number of amides is 1. The van der Waals surface area contributed by atoms with Crippen molar-refractivity contribution in [2.24, 2.45) is 4.99 Å². The zero-order valence-corrected chi connectivity index (χ0v) is 18.8. The number of anilines is 1. The van der Waals surface area contributed by atoms with Crippen LogP contribution in [0, 0.1) is 0 Å². The summed E-state index contributed by atoms with van der Waals surface area (Å²) < 4.78 is 33.1. The maximum Gasteiger partial charge on any atom is 0.262 e. The van der Waals surface area contributed by atoms with Gasteiger partial charge in [0, 0.05) is 18.7 Å². The fourth-order valence-corrected chi connectivity index (χ4v) is 4.75. The number of carbonyl (C=O) groups is 1. The number of ether oxygens (including phenoxy) is 1. The Labute approximate surface area is 187 Å². The zero-order valence-electron chi connectivity index (χ0n) is 18.0. The summed E-state index contributed by atoms with van der Waals surface area (Å²) in [5.41, 5.74) is 1.29. The fourth-order valence-electron chi connectivity index (χ4n) is 3.62. The molecule has 1 atom stereocenters. The number of fused-ring (bicyclic) bond motifs is 1. The van der Waals surface area contributed by atoms with Gasteiger partial charge in [0.1, 0.15) is 11.6 Å². The van der Waals surface area contributed by atoms with Crippen LogP contribution in [0.5, 0.6) is 5.75 Å². The molecule has 0 saturated heterocycles. The third-order valence-electron chi connectivity index (χ3n) is 5.50. The Hall–Kier alpha value is -3.39. The summed E-state index contributed by atoms with van der Waals surface area (Å²) in [6.45, 7) is 2.45. The molecule has 1 aliphatic heterocycles. The van der Waals surface area contributed by atoms with Gasteiger partial charge in [0.25, 0.3) is 10.0 Å². The summed E-state index contributed by atoms with van der Waals surface area (Å²) in [7, 11) is -2.12. The van der Waals surface area contributed by atoms with Gasteiger partial charge in [-0.1, -0.05) is 30.3 Å². The molecule has 0 spiro atoms. The highest BCUT2D eigenvalue weighted by molar-refractivity contribution is 7.90. The van der Waals surface area contributed by atoms with Crippen molar-refractivity contribution < 1.29 is 17.9 Å². The predicted molar refractivity (Wildman–Crippen MR) is 126 cm³/mol. The molecule has 0 radical (unpaired) electrons. The normalized spacial score (nSPS) is 14.6. The van der Waals surface area contributed by atoms with Crippen LogP contribution >= 0.6 is 0 Å². The molecule has 0 unspecified atom stereocenters. The van der Waals surface area contributed by atoms with E-state index in [0.717, 1.165) is 28.5 Å². The molecule has 0 aromatic heterocycles. The third-order valence-corrected chi connectivity index (χ3v) is 6.88. The van der Waals surface area contributed by atoms with Crippen LogP contribution in [0.4, 0.5) is 5.69 Å². The van der Waals surface area contributed by atoms with E-state index in [0.29, 0.717) is 24.5 Å². The van der Waals surface area contributed by atoms with Crippen LogP contribution in [0.2, 0.25) is 0 Å². The summed E-state index contributed by atoms with van der Waals surface area (Å²) in [5, 5.41) is 4.87. The van der Waals surface area contributed by atoms with Gasteiger partial charge in [0.15, 0.2) is 0 Å². The minimum atomic E-state index is -3.75. The van der Waals surface area contributed by atoms with Gasteiger partial charge in [0.2, 0.25) is 5.91 Å². The van der Waals surface area contributed by atoms with Crippen molar-refractivity contribution in [3.05, 3.63) is 66.2 Å². The van der Waals surface area contributed by atoms with Gasteiger partial charge < -0.3 is 10.1 Å². The summed E-state index contributed by atoms with van der Waals surface area (Å²) in [6, 6.07) is 17.9. The Morgan fingerprint density at radius 2 is 1.84 bits per heavy atom. The van der Waals surface area contributed by atoms with Gasteiger partial charge >= 0.3 is 0 Å². The quantitative estimate of drug-likeness (QED) is 0.591. The molecule has 1 aliphatic rings. The van der Waals surface area contributed by atoms with E-state index in [1.165, 1.54) is 12.1 Å². The summed E-state index contributed by atoms with van der Waals surface area (Å²) in [6.07, 6.45) is 1.46. The van der Waals surface area contributed by atoms with Gasteiger partial charge in [0.05, 0.1) is 17.9 Å². The lowest BCUT2D eigenvalue weighted by Crippen LogP contribution is -2.29. The lowest BCUT2D eigenvalue weighted by atomic mass is 9.97. The van der Waals surface area contributed by atoms with E-state index in [2.05, 4.69) is 15.0 Å². The van der Waals surface area contributed by atoms with Crippen LogP contribution in [-0.4, -0.2) is 33.8 Å². The molecule has 1 heterocycles. The van der Waals surface area contributed by atoms with E-state index in [1.807, 2.05) is 43.3 Å². The maximum atomic E-state index is 12.9. The van der Waals surface area contributed by atoms with E-state index in [9.17, 15) is 13.2 Å². The lowest BCUT2D eigenvalue weighted by Gasteiger charge is -2.15. The number of carbonyl (C=O) groups excluding carboxylic acids is 1. The first-order chi connectivity index (χ1) is 15.4. The SMILES string of the molecule is COc1ccc2cc([C@@H](C)C(=O)Nc3cccc(S(=O)(=O)NC4=NCCC4)c3)ccc2c1. The molecular weight excluding hydrogens is 426 g/mol. The fraction of sp³-hybridized carbons (Fsp3) is 0.250. The average molecular weight is 452 g/mol. The van der Waals surface area contributed by atoms with Gasteiger partial charge in [-0.05, 0) is 60.0 Å². The molecule has 3 aromatic rings. The van der Waals surface area contributed by atoms with Gasteiger partial charge in [-0.3, -0.25) is 14.5 Å². The number of nitrogens with one attached hydrogen (secondary N) is 2. The van der Waals surface area contributed by atoms with Crippen LogP contribution in [-0.2, 0) is 14.8 Å². The number of hydrogen-bond acceptors (Lipinski definition) is 5. The van der Waals surface area contributed by atoms with Crippen LogP contribution in [0.1, 0.15) is 31.2 Å². The van der Waals surface area contributed by atoms with E-state index < -0.39 is 15.9 Å². The highest BCUT2D eigenvalue weighted by Gasteiger charge is 2.20. The smallest absolute Gasteiger partial charge is 0.262 e. The molecule has 0 aliphatic carbocycles. The summed E-state index contributed by atoms with van der Waals surface area (Å²) in [5.74, 6) is 0.607. The highest BCUT2D eigenvalue weighted by atomic mass is 32.2. The second kappa shape index (κ2) is 9.00. The third kappa shape index (κ3) is 4.75. The van der Waals surface area contributed by atoms with E-state index >= 15 is 0 Å². The van der Waals surface area contributed by atoms with Crippen LogP contribution in [0.15, 0.2) is 70.6 Å². The molecular formula is C24H25N3O4S. The first-order valence-corrected chi connectivity index (χ1v) is 11.9. The Morgan fingerprint density at radius 1 is 1.06 bits per heavy atom. The van der Waals surface area contributed by atoms with Gasteiger partial charge in [-0.25, -0.2) is 8.42 Å². The van der Waals surface area contributed by atoms with E-state index in [1.54, 1.807) is 19.2 Å². The largest absolute Gasteiger partial charge is 0.497 e. The molecule has 0 fully saturated rings. The minimum Gasteiger partial charge on any atom is -0.497 e. The molecule has 2 N–H and O–H groups in total. The molecule has 32 heavy (non-hydrogen) atoms. The predicted octanol–water partition coefficient (Wildman–Crippen LogP) is 4.06. The van der Waals surface area contributed by atoms with Crippen LogP contribution in [0.25, 0.3) is 10.8 Å². The van der Waals surface area contributed by atoms with Crippen molar-refractivity contribution in [3.8, 4) is 5.75 Å². The molecule has 3 aromatic carbocycles. The maximum absolute atomic E-state index is 12.9. The highest BCUT2D eigenvalue weighted by Crippen LogP contribution is 2.26. The number of sulfonamides is 1. The van der Waals surface area contributed by atoms with Gasteiger partial charge in [-0.15, -0.1) is 0 Å². The molecule has 8 heteroatoms. The monoisotopic (exact) mass is 451 g/mol. The number of methoxy groups -OCH3 is 1. The number of hydrogen-bond donors (Lipinski definition) is 2. The van der Waals surface area contributed by atoms with Crippen molar-refractivity contribution >= 4 is 38.2 Å². The summed E-state index contributed by atoms with van der Waals surface area (Å²) in [4.78, 5) is 17.1. The second-order valence-corrected chi connectivity index (χ2v) is 9.43. The van der Waals surface area contributed by atoms with Crippen molar-refractivity contribution in [3.63, 3.8) is 0 Å². The van der Waals surface area contributed by atoms with Crippen molar-refractivity contribution in [1.82, 2.24) is 4.72 Å². The minimum absolute atomic E-state index is 0.0807. The number of amidine groups is 1. The molecule has 0 bridgehead atoms. The Morgan fingerprint density at radius 3 is 2.59 bits per heavy atom. The van der Waals surface area contributed by atoms with E-state index in [4.69, 9.17) is 4.74 Å². The lowest BCUT2D eigenvalue weighted by molar-refractivity contribution is -0.117. The average Bonchev–Trinajstić information content (AvgIpc) is 3.30. The molecule has 4 rings (SSSR count). The number of aliphatic imine (C=N–C) groups is 1. The van der Waals surface area contributed by atoms with Crippen LogP contribution in [0.3, 0.4) is 0 Å². The molecule has 1 amide bonds. The van der Waals surface area contributed by atoms with Crippen molar-refractivity contribution in [1.29, 1.82) is 0 Å². The van der Waals surface area contributed by atoms with Crippen LogP contribution < -0.4 is 14.8 Å². The van der Waals surface area contributed by atoms with Crippen molar-refractivity contribution in [2.45, 2.75) is 30.6 Å². The number of rotatable bonds is 6. The molecule has 0 saturated carbocycles. The first-order valence-electron chi connectivity index (χ1n) is 10.4. The molecule has 166 valence electrons. The first kappa shape index (κ1) is 21.8. The van der Waals surface area contributed by atoms with Crippen molar-refractivity contribution in [2.75, 3.05) is 19.0 Å². The Balaban J connectivity index is 1.50. The molecule has 7 nitrogen and oxygen atoms in total. The van der Waals surface area contributed by atoms with E-state index in [-0.39, 0.29) is 10.8 Å². The summed E-state index contributed by atoms with van der Waals surface area (Å²) >= 11 is 0. The second-order valence-electron chi connectivity index (χ2n) is 7.75.